The van der Waals surface area contributed by atoms with E-state index in [1.165, 1.54) is 6.33 Å². The largest absolute Gasteiger partial charge is 0.354 e. The highest BCUT2D eigenvalue weighted by Crippen LogP contribution is 2.38. The predicted octanol–water partition coefficient (Wildman–Crippen LogP) is 1.94. The fourth-order valence-electron chi connectivity index (χ4n) is 2.94. The number of rotatable bonds is 3. The maximum Gasteiger partial charge on any atom is 0.221 e. The van der Waals surface area contributed by atoms with E-state index in [1.54, 1.807) is 22.3 Å². The maximum absolute atomic E-state index is 12.1. The molecule has 0 bridgehead atoms. The third kappa shape index (κ3) is 3.00. The fourth-order valence-corrected chi connectivity index (χ4v) is 4.08. The lowest BCUT2D eigenvalue weighted by Crippen LogP contribution is -2.21. The van der Waals surface area contributed by atoms with Gasteiger partial charge in [0.05, 0.1) is 17.9 Å². The standard InChI is InChI=1S/C17H18N6OS/c1-22(2)17-21-14-8-19-15(24)7-13(16(14)25-17)11-3-5-12(6-4-11)23-10-18-9-20-23/h3-6,9-10,13H,7-8H2,1-2H3,(H,19,24)/t13-/m1/s1. The van der Waals surface area contributed by atoms with Crippen LogP contribution in [-0.2, 0) is 11.3 Å². The van der Waals surface area contributed by atoms with Crippen LogP contribution < -0.4 is 10.2 Å². The zero-order valence-electron chi connectivity index (χ0n) is 14.0. The van der Waals surface area contributed by atoms with Crippen LogP contribution in [0.2, 0.25) is 0 Å². The van der Waals surface area contributed by atoms with E-state index < -0.39 is 0 Å². The molecule has 1 N–H and O–H groups in total. The third-order valence-electron chi connectivity index (χ3n) is 4.24. The van der Waals surface area contributed by atoms with Crippen LogP contribution in [0.1, 0.15) is 28.5 Å². The second-order valence-corrected chi connectivity index (χ2v) is 7.18. The topological polar surface area (TPSA) is 75.9 Å². The van der Waals surface area contributed by atoms with Crippen molar-refractivity contribution in [1.29, 1.82) is 0 Å². The minimum Gasteiger partial charge on any atom is -0.354 e. The normalized spacial score (nSPS) is 16.9. The Kier molecular flexibility index (Phi) is 3.96. The fraction of sp³-hybridized carbons (Fsp3) is 0.294. The molecule has 1 aliphatic heterocycles. The van der Waals surface area contributed by atoms with Crippen LogP contribution in [0, 0.1) is 0 Å². The molecule has 1 atom stereocenters. The van der Waals surface area contributed by atoms with Gasteiger partial charge in [-0.15, -0.1) is 11.3 Å². The Morgan fingerprint density at radius 2 is 2.08 bits per heavy atom. The van der Waals surface area contributed by atoms with Gasteiger partial charge in [-0.1, -0.05) is 12.1 Å². The number of anilines is 1. The first-order valence-electron chi connectivity index (χ1n) is 8.00. The Balaban J connectivity index is 1.72. The third-order valence-corrected chi connectivity index (χ3v) is 5.62. The summed E-state index contributed by atoms with van der Waals surface area (Å²) in [6.45, 7) is 0.492. The van der Waals surface area contributed by atoms with Crippen LogP contribution in [0.5, 0.6) is 0 Å². The number of hydrogen-bond acceptors (Lipinski definition) is 6. The summed E-state index contributed by atoms with van der Waals surface area (Å²) >= 11 is 1.66. The molecule has 3 heterocycles. The first-order valence-corrected chi connectivity index (χ1v) is 8.82. The smallest absolute Gasteiger partial charge is 0.221 e. The maximum atomic E-state index is 12.1. The number of nitrogens with zero attached hydrogens (tertiary/aromatic N) is 5. The van der Waals surface area contributed by atoms with Gasteiger partial charge in [0.25, 0.3) is 0 Å². The molecule has 25 heavy (non-hydrogen) atoms. The van der Waals surface area contributed by atoms with Crippen LogP contribution >= 0.6 is 11.3 Å². The molecule has 3 aromatic rings. The molecule has 128 valence electrons. The highest BCUT2D eigenvalue weighted by molar-refractivity contribution is 7.15. The summed E-state index contributed by atoms with van der Waals surface area (Å²) in [6.07, 6.45) is 3.61. The molecule has 0 aliphatic carbocycles. The van der Waals surface area contributed by atoms with Crippen molar-refractivity contribution in [2.24, 2.45) is 0 Å². The first-order chi connectivity index (χ1) is 12.1. The van der Waals surface area contributed by atoms with Crippen LogP contribution in [0.25, 0.3) is 5.69 Å². The van der Waals surface area contributed by atoms with Crippen LogP contribution in [0.3, 0.4) is 0 Å². The molecular weight excluding hydrogens is 336 g/mol. The van der Waals surface area contributed by atoms with Gasteiger partial charge >= 0.3 is 0 Å². The second kappa shape index (κ2) is 6.29. The van der Waals surface area contributed by atoms with E-state index in [9.17, 15) is 4.79 Å². The van der Waals surface area contributed by atoms with E-state index in [4.69, 9.17) is 0 Å². The number of hydrogen-bond donors (Lipinski definition) is 1. The lowest BCUT2D eigenvalue weighted by atomic mass is 9.93. The van der Waals surface area contributed by atoms with Gasteiger partial charge in [0, 0.05) is 31.3 Å². The molecular formula is C17H18N6OS. The highest BCUT2D eigenvalue weighted by Gasteiger charge is 2.28. The first kappa shape index (κ1) is 15.8. The van der Waals surface area contributed by atoms with E-state index in [0.717, 1.165) is 27.0 Å². The monoisotopic (exact) mass is 354 g/mol. The quantitative estimate of drug-likeness (QED) is 0.778. The zero-order chi connectivity index (χ0) is 17.4. The Hall–Kier alpha value is -2.74. The molecule has 1 aromatic carbocycles. The number of carbonyl (C=O) groups is 1. The Morgan fingerprint density at radius 1 is 1.28 bits per heavy atom. The van der Waals surface area contributed by atoms with Crippen molar-refractivity contribution >= 4 is 22.4 Å². The van der Waals surface area contributed by atoms with Gasteiger partial charge in [-0.05, 0) is 17.7 Å². The van der Waals surface area contributed by atoms with Gasteiger partial charge in [-0.3, -0.25) is 4.79 Å². The van der Waals surface area contributed by atoms with E-state index in [-0.39, 0.29) is 11.8 Å². The summed E-state index contributed by atoms with van der Waals surface area (Å²) < 4.78 is 1.71. The molecule has 1 aliphatic rings. The molecule has 7 nitrogen and oxygen atoms in total. The Bertz CT molecular complexity index is 885. The molecule has 4 rings (SSSR count). The highest BCUT2D eigenvalue weighted by atomic mass is 32.1. The molecule has 0 saturated carbocycles. The van der Waals surface area contributed by atoms with Gasteiger partial charge < -0.3 is 10.2 Å². The number of thiazole rings is 1. The van der Waals surface area contributed by atoms with Crippen molar-refractivity contribution in [3.63, 3.8) is 0 Å². The lowest BCUT2D eigenvalue weighted by molar-refractivity contribution is -0.121. The van der Waals surface area contributed by atoms with Crippen molar-refractivity contribution in [3.8, 4) is 5.69 Å². The molecule has 2 aromatic heterocycles. The van der Waals surface area contributed by atoms with Gasteiger partial charge in [-0.25, -0.2) is 14.6 Å². The molecule has 0 radical (unpaired) electrons. The summed E-state index contributed by atoms with van der Waals surface area (Å²) in [5.74, 6) is 0.0791. The van der Waals surface area contributed by atoms with Crippen molar-refractivity contribution < 1.29 is 4.79 Å². The van der Waals surface area contributed by atoms with Crippen molar-refractivity contribution in [2.75, 3.05) is 19.0 Å². The number of amides is 1. The van der Waals surface area contributed by atoms with E-state index in [1.807, 2.05) is 31.1 Å². The van der Waals surface area contributed by atoms with Crippen molar-refractivity contribution in [2.45, 2.75) is 18.9 Å². The van der Waals surface area contributed by atoms with Crippen LogP contribution in [0.15, 0.2) is 36.9 Å². The summed E-state index contributed by atoms with van der Waals surface area (Å²) in [5, 5.41) is 8.06. The SMILES string of the molecule is CN(C)c1nc2c(s1)[C@@H](c1ccc(-n3cncn3)cc1)CC(=O)NC2. The molecule has 0 saturated heterocycles. The molecule has 8 heteroatoms. The second-order valence-electron chi connectivity index (χ2n) is 6.17. The van der Waals surface area contributed by atoms with Gasteiger partial charge in [0.1, 0.15) is 12.7 Å². The summed E-state index contributed by atoms with van der Waals surface area (Å²) in [6, 6.07) is 8.11. The minimum atomic E-state index is 0.0218. The Labute approximate surface area is 149 Å². The summed E-state index contributed by atoms with van der Waals surface area (Å²) in [5.41, 5.74) is 3.01. The number of nitrogens with one attached hydrogen (secondary N) is 1. The van der Waals surface area contributed by atoms with Crippen molar-refractivity contribution in [3.05, 3.63) is 53.1 Å². The van der Waals surface area contributed by atoms with Gasteiger partial charge in [-0.2, -0.15) is 5.10 Å². The van der Waals surface area contributed by atoms with E-state index in [2.05, 4.69) is 32.5 Å². The molecule has 0 spiro atoms. The summed E-state index contributed by atoms with van der Waals surface area (Å²) in [7, 11) is 3.97. The average molecular weight is 354 g/mol. The minimum absolute atomic E-state index is 0.0218. The molecule has 1 amide bonds. The Morgan fingerprint density at radius 3 is 2.76 bits per heavy atom. The van der Waals surface area contributed by atoms with E-state index in [0.29, 0.717) is 13.0 Å². The average Bonchev–Trinajstić information content (AvgIpc) is 3.26. The summed E-state index contributed by atoms with van der Waals surface area (Å²) in [4.78, 5) is 24.0. The predicted molar refractivity (Wildman–Crippen MR) is 96.1 cm³/mol. The molecule has 0 fully saturated rings. The van der Waals surface area contributed by atoms with E-state index >= 15 is 0 Å². The van der Waals surface area contributed by atoms with Crippen LogP contribution in [0.4, 0.5) is 5.13 Å². The van der Waals surface area contributed by atoms with Crippen molar-refractivity contribution in [1.82, 2.24) is 25.1 Å². The number of aromatic nitrogens is 4. The number of benzene rings is 1. The molecule has 0 unspecified atom stereocenters. The zero-order valence-corrected chi connectivity index (χ0v) is 14.8. The number of fused-ring (bicyclic) bond motifs is 1. The lowest BCUT2D eigenvalue weighted by Gasteiger charge is -2.14. The van der Waals surface area contributed by atoms with Gasteiger partial charge in [0.2, 0.25) is 5.91 Å². The van der Waals surface area contributed by atoms with Crippen LogP contribution in [-0.4, -0.2) is 39.8 Å². The van der Waals surface area contributed by atoms with Gasteiger partial charge in [0.15, 0.2) is 5.13 Å². The number of carbonyl (C=O) groups excluding carboxylic acids is 1.